The van der Waals surface area contributed by atoms with E-state index in [0.717, 1.165) is 11.3 Å². The van der Waals surface area contributed by atoms with Gasteiger partial charge in [-0.3, -0.25) is 0 Å². The lowest BCUT2D eigenvalue weighted by Gasteiger charge is -2.00. The molecule has 0 aliphatic carbocycles. The van der Waals surface area contributed by atoms with Gasteiger partial charge in [-0.25, -0.2) is 0 Å². The van der Waals surface area contributed by atoms with Crippen LogP contribution in [0.1, 0.15) is 10.5 Å². The van der Waals surface area contributed by atoms with Crippen LogP contribution >= 0.6 is 11.3 Å². The van der Waals surface area contributed by atoms with Gasteiger partial charge in [0.15, 0.2) is 0 Å². The van der Waals surface area contributed by atoms with Crippen molar-refractivity contribution in [3.8, 4) is 0 Å². The summed E-state index contributed by atoms with van der Waals surface area (Å²) >= 11 is 1.15. The van der Waals surface area contributed by atoms with Crippen LogP contribution in [0.4, 0.5) is 0 Å². The Morgan fingerprint density at radius 1 is 1.91 bits per heavy atom. The highest BCUT2D eigenvalue weighted by atomic mass is 32.1. The summed E-state index contributed by atoms with van der Waals surface area (Å²) in [5, 5.41) is 15.1. The van der Waals surface area contributed by atoms with Crippen molar-refractivity contribution < 1.29 is 9.90 Å². The zero-order chi connectivity index (χ0) is 8.43. The number of carboxylic acid groups (broad SMARTS) is 1. The minimum atomic E-state index is -1.22. The Bertz CT molecular complexity index is 338. The lowest BCUT2D eigenvalue weighted by Crippen LogP contribution is -2.27. The van der Waals surface area contributed by atoms with Crippen LogP contribution in [0.5, 0.6) is 0 Å². The SMILES string of the molecule is Cn1c(C(=O)[O-])cs/c1=N/N. The van der Waals surface area contributed by atoms with Gasteiger partial charge in [0.05, 0.1) is 11.7 Å². The molecule has 0 spiro atoms. The molecule has 0 amide bonds. The summed E-state index contributed by atoms with van der Waals surface area (Å²) < 4.78 is 1.36. The number of carboxylic acids is 1. The molecule has 0 atom stereocenters. The lowest BCUT2D eigenvalue weighted by atomic mass is 10.5. The fourth-order valence-corrected chi connectivity index (χ4v) is 1.46. The first kappa shape index (κ1) is 7.80. The number of rotatable bonds is 1. The van der Waals surface area contributed by atoms with Crippen LogP contribution in [0.3, 0.4) is 0 Å². The molecule has 11 heavy (non-hydrogen) atoms. The van der Waals surface area contributed by atoms with Gasteiger partial charge in [-0.15, -0.1) is 11.3 Å². The summed E-state index contributed by atoms with van der Waals surface area (Å²) in [5.41, 5.74) is 0.0826. The van der Waals surface area contributed by atoms with Gasteiger partial charge in [0, 0.05) is 12.4 Å². The number of aromatic carboxylic acids is 1. The summed E-state index contributed by atoms with van der Waals surface area (Å²) in [5.74, 6) is 3.74. The van der Waals surface area contributed by atoms with E-state index in [1.807, 2.05) is 0 Å². The Hall–Kier alpha value is -1.30. The van der Waals surface area contributed by atoms with E-state index in [2.05, 4.69) is 5.10 Å². The number of hydrogen-bond donors (Lipinski definition) is 1. The van der Waals surface area contributed by atoms with Crippen molar-refractivity contribution in [1.29, 1.82) is 0 Å². The number of hydrogen-bond acceptors (Lipinski definition) is 5. The van der Waals surface area contributed by atoms with E-state index in [1.165, 1.54) is 9.95 Å². The lowest BCUT2D eigenvalue weighted by molar-refractivity contribution is -0.255. The first-order chi connectivity index (χ1) is 5.16. The van der Waals surface area contributed by atoms with Crippen LogP contribution in [0.2, 0.25) is 0 Å². The summed E-state index contributed by atoms with van der Waals surface area (Å²) in [6, 6.07) is 0. The second kappa shape index (κ2) is 2.75. The van der Waals surface area contributed by atoms with Gasteiger partial charge in [-0.1, -0.05) is 0 Å². The van der Waals surface area contributed by atoms with Gasteiger partial charge >= 0.3 is 0 Å². The van der Waals surface area contributed by atoms with E-state index in [9.17, 15) is 9.90 Å². The molecule has 1 heterocycles. The van der Waals surface area contributed by atoms with Gasteiger partial charge in [-0.05, 0) is 0 Å². The van der Waals surface area contributed by atoms with Crippen molar-refractivity contribution in [1.82, 2.24) is 4.57 Å². The van der Waals surface area contributed by atoms with Crippen LogP contribution in [0.15, 0.2) is 10.5 Å². The summed E-state index contributed by atoms with van der Waals surface area (Å²) in [6.07, 6.45) is 0. The monoisotopic (exact) mass is 172 g/mol. The maximum absolute atomic E-state index is 10.3. The molecule has 0 saturated heterocycles. The Labute approximate surface area is 66.4 Å². The van der Waals surface area contributed by atoms with E-state index in [4.69, 9.17) is 5.84 Å². The van der Waals surface area contributed by atoms with E-state index in [-0.39, 0.29) is 5.69 Å². The number of aromatic nitrogens is 1. The molecule has 60 valence electrons. The van der Waals surface area contributed by atoms with Crippen molar-refractivity contribution in [2.24, 2.45) is 18.0 Å². The van der Waals surface area contributed by atoms with Crippen molar-refractivity contribution in [3.63, 3.8) is 0 Å². The second-order valence-electron chi connectivity index (χ2n) is 1.88. The quantitative estimate of drug-likeness (QED) is 0.401. The highest BCUT2D eigenvalue weighted by molar-refractivity contribution is 7.07. The number of nitrogens with zero attached hydrogens (tertiary/aromatic N) is 2. The molecule has 0 radical (unpaired) electrons. The molecule has 2 N–H and O–H groups in total. The average molecular weight is 172 g/mol. The average Bonchev–Trinajstić information content (AvgIpc) is 2.30. The molecule has 0 aromatic carbocycles. The molecule has 0 aliphatic rings. The zero-order valence-electron chi connectivity index (χ0n) is 5.77. The van der Waals surface area contributed by atoms with Crippen LogP contribution in [0.25, 0.3) is 0 Å². The summed E-state index contributed by atoms with van der Waals surface area (Å²) in [6.45, 7) is 0. The number of carbonyl (C=O) groups excluding carboxylic acids is 1. The predicted octanol–water partition coefficient (Wildman–Crippen LogP) is -1.78. The number of carbonyl (C=O) groups is 1. The van der Waals surface area contributed by atoms with Crippen molar-refractivity contribution in [2.75, 3.05) is 0 Å². The number of thiazole rings is 1. The molecule has 0 fully saturated rings. The molecule has 6 heteroatoms. The number of nitrogens with two attached hydrogens (primary N) is 1. The Balaban J connectivity index is 3.33. The minimum absolute atomic E-state index is 0.0826. The summed E-state index contributed by atoms with van der Waals surface area (Å²) in [4.78, 5) is 10.8. The predicted molar refractivity (Wildman–Crippen MR) is 37.4 cm³/mol. The third-order valence-corrected chi connectivity index (χ3v) is 2.18. The van der Waals surface area contributed by atoms with Crippen LogP contribution in [0, 0.1) is 0 Å². The van der Waals surface area contributed by atoms with Gasteiger partial charge in [0.2, 0.25) is 4.80 Å². The maximum Gasteiger partial charge on any atom is 0.207 e. The molecule has 0 bridgehead atoms. The highest BCUT2D eigenvalue weighted by Crippen LogP contribution is 1.96. The van der Waals surface area contributed by atoms with Gasteiger partial charge < -0.3 is 20.3 Å². The highest BCUT2D eigenvalue weighted by Gasteiger charge is 2.00. The molecule has 0 aliphatic heterocycles. The molecule has 5 nitrogen and oxygen atoms in total. The third-order valence-electron chi connectivity index (χ3n) is 1.24. The molecule has 0 unspecified atom stereocenters. The molecular weight excluding hydrogens is 166 g/mol. The Morgan fingerprint density at radius 3 is 2.82 bits per heavy atom. The maximum atomic E-state index is 10.3. The van der Waals surface area contributed by atoms with Gasteiger partial charge in [0.25, 0.3) is 0 Å². The van der Waals surface area contributed by atoms with Crippen LogP contribution in [-0.4, -0.2) is 10.5 Å². The van der Waals surface area contributed by atoms with Crippen molar-refractivity contribution in [3.05, 3.63) is 15.9 Å². The van der Waals surface area contributed by atoms with Crippen LogP contribution < -0.4 is 15.8 Å². The van der Waals surface area contributed by atoms with E-state index >= 15 is 0 Å². The summed E-state index contributed by atoms with van der Waals surface area (Å²) in [7, 11) is 1.56. The normalized spacial score (nSPS) is 11.9. The Morgan fingerprint density at radius 2 is 2.55 bits per heavy atom. The standard InChI is InChI=1S/C5H7N3O2S/c1-8-3(4(9)10)2-11-5(8)7-6/h2H,6H2,1H3,(H,9,10)/p-1/b7-5+. The van der Waals surface area contributed by atoms with Crippen LogP contribution in [-0.2, 0) is 7.05 Å². The topological polar surface area (TPSA) is 83.4 Å². The van der Waals surface area contributed by atoms with Crippen molar-refractivity contribution >= 4 is 17.3 Å². The van der Waals surface area contributed by atoms with E-state index < -0.39 is 5.97 Å². The molecule has 1 aromatic heterocycles. The first-order valence-corrected chi connectivity index (χ1v) is 3.64. The fourth-order valence-electron chi connectivity index (χ4n) is 0.672. The molecule has 1 aromatic rings. The van der Waals surface area contributed by atoms with E-state index in [0.29, 0.717) is 4.80 Å². The Kier molecular flexibility index (Phi) is 1.95. The zero-order valence-corrected chi connectivity index (χ0v) is 6.59. The minimum Gasteiger partial charge on any atom is -0.543 e. The first-order valence-electron chi connectivity index (χ1n) is 2.76. The molecule has 1 rings (SSSR count). The fraction of sp³-hybridized carbons (Fsp3) is 0.200. The second-order valence-corrected chi connectivity index (χ2v) is 2.72. The molecular formula is C5H6N3O2S-. The largest absolute Gasteiger partial charge is 0.543 e. The third kappa shape index (κ3) is 1.25. The van der Waals surface area contributed by atoms with E-state index in [1.54, 1.807) is 7.05 Å². The smallest absolute Gasteiger partial charge is 0.207 e. The molecule has 0 saturated carbocycles. The van der Waals surface area contributed by atoms with Gasteiger partial charge in [-0.2, -0.15) is 5.10 Å². The van der Waals surface area contributed by atoms with Gasteiger partial charge in [0.1, 0.15) is 0 Å². The van der Waals surface area contributed by atoms with Crippen molar-refractivity contribution in [2.45, 2.75) is 0 Å².